The van der Waals surface area contributed by atoms with Crippen molar-refractivity contribution in [3.05, 3.63) is 34.6 Å². The van der Waals surface area contributed by atoms with Crippen LogP contribution in [0.4, 0.5) is 4.39 Å². The molecule has 0 spiro atoms. The van der Waals surface area contributed by atoms with E-state index in [1.807, 2.05) is 6.07 Å². The van der Waals surface area contributed by atoms with Gasteiger partial charge in [-0.3, -0.25) is 4.90 Å². The van der Waals surface area contributed by atoms with E-state index in [0.29, 0.717) is 11.1 Å². The van der Waals surface area contributed by atoms with E-state index in [4.69, 9.17) is 11.6 Å². The third kappa shape index (κ3) is 3.97. The second kappa shape index (κ2) is 6.64. The molecule has 4 heteroatoms. The first-order valence-corrected chi connectivity index (χ1v) is 8.43. The molecule has 1 N–H and O–H groups in total. The van der Waals surface area contributed by atoms with Gasteiger partial charge in [0.2, 0.25) is 0 Å². The second-order valence-corrected chi connectivity index (χ2v) is 6.91. The van der Waals surface area contributed by atoms with Crippen LogP contribution < -0.4 is 5.32 Å². The molecular weight excluding hydrogens is 287 g/mol. The van der Waals surface area contributed by atoms with Gasteiger partial charge in [-0.2, -0.15) is 0 Å². The number of piperidine rings is 1. The molecule has 1 heterocycles. The smallest absolute Gasteiger partial charge is 0.124 e. The van der Waals surface area contributed by atoms with E-state index in [9.17, 15) is 4.39 Å². The Bertz CT molecular complexity index is 482. The molecule has 0 aromatic heterocycles. The van der Waals surface area contributed by atoms with Crippen LogP contribution in [-0.4, -0.2) is 30.6 Å². The van der Waals surface area contributed by atoms with Gasteiger partial charge in [-0.25, -0.2) is 4.39 Å². The average Bonchev–Trinajstić information content (AvgIpc) is 3.29. The lowest BCUT2D eigenvalue weighted by Crippen LogP contribution is -2.43. The van der Waals surface area contributed by atoms with Crippen LogP contribution >= 0.6 is 11.6 Å². The van der Waals surface area contributed by atoms with E-state index in [1.54, 1.807) is 0 Å². The lowest BCUT2D eigenvalue weighted by Gasteiger charge is -2.37. The van der Waals surface area contributed by atoms with Crippen molar-refractivity contribution in [2.45, 2.75) is 44.7 Å². The fraction of sp³-hybridized carbons (Fsp3) is 0.647. The predicted molar refractivity (Wildman–Crippen MR) is 85.1 cm³/mol. The molecule has 1 aliphatic carbocycles. The lowest BCUT2D eigenvalue weighted by atomic mass is 10.00. The fourth-order valence-corrected chi connectivity index (χ4v) is 3.51. The Labute approximate surface area is 131 Å². The molecule has 1 aromatic carbocycles. The summed E-state index contributed by atoms with van der Waals surface area (Å²) in [6, 6.07) is 5.65. The van der Waals surface area contributed by atoms with Crippen LogP contribution in [0.2, 0.25) is 5.02 Å². The molecule has 1 saturated heterocycles. The summed E-state index contributed by atoms with van der Waals surface area (Å²) in [7, 11) is 0. The number of hydrogen-bond acceptors (Lipinski definition) is 2. The lowest BCUT2D eigenvalue weighted by molar-refractivity contribution is 0.152. The number of likely N-dealkylation sites (tertiary alicyclic amines) is 1. The van der Waals surface area contributed by atoms with E-state index >= 15 is 0 Å². The zero-order chi connectivity index (χ0) is 14.8. The molecule has 3 rings (SSSR count). The topological polar surface area (TPSA) is 15.3 Å². The number of benzene rings is 1. The number of nitrogens with one attached hydrogen (secondary N) is 1. The maximum Gasteiger partial charge on any atom is 0.124 e. The molecule has 2 aliphatic rings. The molecule has 1 unspecified atom stereocenters. The van der Waals surface area contributed by atoms with E-state index in [0.717, 1.165) is 24.6 Å². The number of halogens is 2. The maximum absolute atomic E-state index is 13.2. The fourth-order valence-electron chi connectivity index (χ4n) is 3.18. The molecule has 116 valence electrons. The van der Waals surface area contributed by atoms with Gasteiger partial charge in [-0.1, -0.05) is 17.7 Å². The van der Waals surface area contributed by atoms with Crippen LogP contribution in [0.3, 0.4) is 0 Å². The summed E-state index contributed by atoms with van der Waals surface area (Å²) < 4.78 is 13.2. The zero-order valence-corrected chi connectivity index (χ0v) is 13.4. The Morgan fingerprint density at radius 1 is 1.29 bits per heavy atom. The first-order valence-electron chi connectivity index (χ1n) is 8.06. The van der Waals surface area contributed by atoms with Crippen molar-refractivity contribution in [3.63, 3.8) is 0 Å². The highest BCUT2D eigenvalue weighted by Gasteiger charge is 2.26. The first-order chi connectivity index (χ1) is 10.1. The summed E-state index contributed by atoms with van der Waals surface area (Å²) in [6.07, 6.45) is 5.20. The molecule has 1 atom stereocenters. The van der Waals surface area contributed by atoms with Gasteiger partial charge in [0, 0.05) is 30.2 Å². The van der Waals surface area contributed by atoms with Crippen molar-refractivity contribution in [2.24, 2.45) is 5.92 Å². The Balaban J connectivity index is 1.52. The van der Waals surface area contributed by atoms with Crippen LogP contribution in [0.5, 0.6) is 0 Å². The Morgan fingerprint density at radius 3 is 2.62 bits per heavy atom. The Morgan fingerprint density at radius 2 is 2.00 bits per heavy atom. The van der Waals surface area contributed by atoms with E-state index in [1.165, 1.54) is 44.4 Å². The highest BCUT2D eigenvalue weighted by Crippen LogP contribution is 2.31. The summed E-state index contributed by atoms with van der Waals surface area (Å²) in [5.41, 5.74) is 1.03. The molecule has 2 nitrogen and oxygen atoms in total. The standard InChI is InChI=1S/C17H24ClFN2/c1-12(16-5-4-14(19)10-17(16)18)21-8-6-15(7-9-21)20-11-13-2-3-13/h4-5,10,12-13,15,20H,2-3,6-9,11H2,1H3. The molecular formula is C17H24ClFN2. The van der Waals surface area contributed by atoms with Gasteiger partial charge in [-0.05, 0) is 62.8 Å². The maximum atomic E-state index is 13.2. The molecule has 1 saturated carbocycles. The molecule has 21 heavy (non-hydrogen) atoms. The van der Waals surface area contributed by atoms with Crippen molar-refractivity contribution in [3.8, 4) is 0 Å². The van der Waals surface area contributed by atoms with E-state index in [-0.39, 0.29) is 11.9 Å². The molecule has 0 amide bonds. The van der Waals surface area contributed by atoms with Crippen LogP contribution in [0.1, 0.15) is 44.2 Å². The number of rotatable bonds is 5. The normalized spacial score (nSPS) is 22.4. The molecule has 0 radical (unpaired) electrons. The van der Waals surface area contributed by atoms with E-state index < -0.39 is 0 Å². The molecule has 1 aromatic rings. The number of nitrogens with zero attached hydrogens (tertiary/aromatic N) is 1. The predicted octanol–water partition coefficient (Wildman–Crippen LogP) is 4.00. The number of hydrogen-bond donors (Lipinski definition) is 1. The van der Waals surface area contributed by atoms with Crippen molar-refractivity contribution in [2.75, 3.05) is 19.6 Å². The van der Waals surface area contributed by atoms with Crippen LogP contribution in [0, 0.1) is 11.7 Å². The molecule has 0 bridgehead atoms. The highest BCUT2D eigenvalue weighted by molar-refractivity contribution is 6.31. The van der Waals surface area contributed by atoms with Crippen LogP contribution in [-0.2, 0) is 0 Å². The van der Waals surface area contributed by atoms with Gasteiger partial charge >= 0.3 is 0 Å². The summed E-state index contributed by atoms with van der Waals surface area (Å²) in [6.45, 7) is 5.52. The average molecular weight is 311 g/mol. The summed E-state index contributed by atoms with van der Waals surface area (Å²) in [5.74, 6) is 0.680. The van der Waals surface area contributed by atoms with Gasteiger partial charge in [-0.15, -0.1) is 0 Å². The summed E-state index contributed by atoms with van der Waals surface area (Å²) in [4.78, 5) is 2.45. The summed E-state index contributed by atoms with van der Waals surface area (Å²) >= 11 is 6.18. The second-order valence-electron chi connectivity index (χ2n) is 6.50. The minimum Gasteiger partial charge on any atom is -0.314 e. The Kier molecular flexibility index (Phi) is 4.82. The van der Waals surface area contributed by atoms with Gasteiger partial charge in [0.25, 0.3) is 0 Å². The third-order valence-corrected chi connectivity index (χ3v) is 5.21. The highest BCUT2D eigenvalue weighted by atomic mass is 35.5. The molecule has 1 aliphatic heterocycles. The van der Waals surface area contributed by atoms with Crippen LogP contribution in [0.25, 0.3) is 0 Å². The minimum absolute atomic E-state index is 0.252. The van der Waals surface area contributed by atoms with Crippen molar-refractivity contribution >= 4 is 11.6 Å². The quantitative estimate of drug-likeness (QED) is 0.884. The third-order valence-electron chi connectivity index (χ3n) is 4.88. The monoisotopic (exact) mass is 310 g/mol. The van der Waals surface area contributed by atoms with Gasteiger partial charge in [0.05, 0.1) is 0 Å². The largest absolute Gasteiger partial charge is 0.314 e. The van der Waals surface area contributed by atoms with Crippen molar-refractivity contribution < 1.29 is 4.39 Å². The van der Waals surface area contributed by atoms with Crippen LogP contribution in [0.15, 0.2) is 18.2 Å². The summed E-state index contributed by atoms with van der Waals surface area (Å²) in [5, 5.41) is 4.24. The zero-order valence-electron chi connectivity index (χ0n) is 12.6. The van der Waals surface area contributed by atoms with Gasteiger partial charge in [0.1, 0.15) is 5.82 Å². The molecule has 2 fully saturated rings. The Hall–Kier alpha value is -0.640. The minimum atomic E-state index is -0.265. The van der Waals surface area contributed by atoms with Crippen molar-refractivity contribution in [1.82, 2.24) is 10.2 Å². The first kappa shape index (κ1) is 15.3. The SMILES string of the molecule is CC(c1ccc(F)cc1Cl)N1CCC(NCC2CC2)CC1. The van der Waals surface area contributed by atoms with Crippen molar-refractivity contribution in [1.29, 1.82) is 0 Å². The van der Waals surface area contributed by atoms with Gasteiger partial charge in [0.15, 0.2) is 0 Å². The van der Waals surface area contributed by atoms with E-state index in [2.05, 4.69) is 17.1 Å². The van der Waals surface area contributed by atoms with Gasteiger partial charge < -0.3 is 5.32 Å².